The molecule has 1 heterocycles. The summed E-state index contributed by atoms with van der Waals surface area (Å²) in [6, 6.07) is 0.816. The summed E-state index contributed by atoms with van der Waals surface area (Å²) < 4.78 is 43.5. The number of nitrogens with zero attached hydrogens (tertiary/aromatic N) is 1. The Hall–Kier alpha value is -2.31. The van der Waals surface area contributed by atoms with Crippen molar-refractivity contribution in [2.24, 2.45) is 0 Å². The summed E-state index contributed by atoms with van der Waals surface area (Å²) in [5.74, 6) is -5.70. The minimum Gasteiger partial charge on any atom is -0.477 e. The third-order valence-electron chi connectivity index (χ3n) is 2.06. The second-order valence-electron chi connectivity index (χ2n) is 3.12. The molecule has 0 saturated heterocycles. The van der Waals surface area contributed by atoms with Crippen molar-refractivity contribution < 1.29 is 27.6 Å². The molecule has 88 valence electrons. The molecule has 2 rings (SSSR count). The van der Waals surface area contributed by atoms with Crippen LogP contribution in [0.4, 0.5) is 13.2 Å². The fourth-order valence-electron chi connectivity index (χ4n) is 1.28. The fraction of sp³-hybridized carbons (Fsp3) is 0. The van der Waals surface area contributed by atoms with Crippen LogP contribution >= 0.6 is 0 Å². The van der Waals surface area contributed by atoms with Crippen LogP contribution in [0.1, 0.15) is 10.4 Å². The molecule has 0 amide bonds. The van der Waals surface area contributed by atoms with Crippen molar-refractivity contribution in [3.8, 4) is 11.3 Å². The highest BCUT2D eigenvalue weighted by atomic mass is 19.2. The van der Waals surface area contributed by atoms with E-state index in [1.54, 1.807) is 0 Å². The zero-order valence-electron chi connectivity index (χ0n) is 8.08. The van der Waals surface area contributed by atoms with Crippen molar-refractivity contribution in [2.75, 3.05) is 0 Å². The number of aromatic nitrogens is 1. The van der Waals surface area contributed by atoms with Gasteiger partial charge in [0.2, 0.25) is 0 Å². The average Bonchev–Trinajstić information content (AvgIpc) is 2.72. The van der Waals surface area contributed by atoms with Crippen LogP contribution < -0.4 is 0 Å². The summed E-state index contributed by atoms with van der Waals surface area (Å²) in [5.41, 5.74) is -0.936. The fourth-order valence-corrected chi connectivity index (χ4v) is 1.28. The quantitative estimate of drug-likeness (QED) is 0.823. The first-order valence-corrected chi connectivity index (χ1v) is 4.33. The number of rotatable bonds is 2. The highest BCUT2D eigenvalue weighted by Gasteiger charge is 2.21. The summed E-state index contributed by atoms with van der Waals surface area (Å²) >= 11 is 0. The topological polar surface area (TPSA) is 63.3 Å². The van der Waals surface area contributed by atoms with E-state index in [1.165, 1.54) is 0 Å². The second-order valence-corrected chi connectivity index (χ2v) is 3.12. The second kappa shape index (κ2) is 3.93. The van der Waals surface area contributed by atoms with E-state index in [2.05, 4.69) is 9.68 Å². The van der Waals surface area contributed by atoms with Gasteiger partial charge >= 0.3 is 5.97 Å². The highest BCUT2D eigenvalue weighted by Crippen LogP contribution is 2.28. The molecule has 0 spiro atoms. The van der Waals surface area contributed by atoms with Crippen molar-refractivity contribution in [3.63, 3.8) is 0 Å². The first kappa shape index (κ1) is 11.2. The molecule has 17 heavy (non-hydrogen) atoms. The van der Waals surface area contributed by atoms with Crippen molar-refractivity contribution in [1.82, 2.24) is 5.16 Å². The average molecular weight is 243 g/mol. The molecule has 0 unspecified atom stereocenters. The third-order valence-corrected chi connectivity index (χ3v) is 2.06. The van der Waals surface area contributed by atoms with Crippen LogP contribution in [0.2, 0.25) is 0 Å². The van der Waals surface area contributed by atoms with Crippen molar-refractivity contribution in [3.05, 3.63) is 41.3 Å². The van der Waals surface area contributed by atoms with Crippen LogP contribution in [0.5, 0.6) is 0 Å². The van der Waals surface area contributed by atoms with Crippen LogP contribution in [0.3, 0.4) is 0 Å². The van der Waals surface area contributed by atoms with Gasteiger partial charge in [0.05, 0.1) is 11.8 Å². The largest absolute Gasteiger partial charge is 0.477 e. The van der Waals surface area contributed by atoms with Gasteiger partial charge in [-0.1, -0.05) is 5.16 Å². The summed E-state index contributed by atoms with van der Waals surface area (Å²) in [6.07, 6.45) is 0.846. The monoisotopic (exact) mass is 243 g/mol. The van der Waals surface area contributed by atoms with Gasteiger partial charge in [-0.3, -0.25) is 0 Å². The Morgan fingerprint density at radius 1 is 1.18 bits per heavy atom. The minimum atomic E-state index is -1.41. The Morgan fingerprint density at radius 2 is 1.82 bits per heavy atom. The number of hydrogen-bond acceptors (Lipinski definition) is 3. The van der Waals surface area contributed by atoms with E-state index in [0.29, 0.717) is 12.1 Å². The third kappa shape index (κ3) is 1.86. The molecular weight excluding hydrogens is 239 g/mol. The standard InChI is InChI=1S/C10H4F3NO3/c11-6-2-8(13)7(12)1-4(6)9-5(10(15)16)3-14-17-9/h1-3H,(H,15,16). The lowest BCUT2D eigenvalue weighted by Crippen LogP contribution is -1.98. The van der Waals surface area contributed by atoms with Crippen LogP contribution in [0.25, 0.3) is 11.3 Å². The van der Waals surface area contributed by atoms with Crippen LogP contribution in [0, 0.1) is 17.5 Å². The number of carbonyl (C=O) groups is 1. The van der Waals surface area contributed by atoms with E-state index in [9.17, 15) is 18.0 Å². The number of carboxylic acids is 1. The van der Waals surface area contributed by atoms with E-state index < -0.39 is 40.3 Å². The van der Waals surface area contributed by atoms with E-state index in [0.717, 1.165) is 6.20 Å². The normalized spacial score (nSPS) is 10.5. The molecule has 1 N–H and O–H groups in total. The molecule has 1 aromatic heterocycles. The molecule has 0 bridgehead atoms. The zero-order valence-corrected chi connectivity index (χ0v) is 8.08. The van der Waals surface area contributed by atoms with Gasteiger partial charge in [-0.15, -0.1) is 0 Å². The van der Waals surface area contributed by atoms with Gasteiger partial charge in [-0.05, 0) is 6.07 Å². The van der Waals surface area contributed by atoms with Crippen LogP contribution in [-0.2, 0) is 0 Å². The first-order chi connectivity index (χ1) is 8.00. The SMILES string of the molecule is O=C(O)c1cnoc1-c1cc(F)c(F)cc1F. The van der Waals surface area contributed by atoms with Gasteiger partial charge < -0.3 is 9.63 Å². The summed E-state index contributed by atoms with van der Waals surface area (Å²) in [6.45, 7) is 0. The molecule has 0 aliphatic rings. The smallest absolute Gasteiger partial charge is 0.341 e. The van der Waals surface area contributed by atoms with Crippen molar-refractivity contribution in [1.29, 1.82) is 0 Å². The molecule has 0 saturated carbocycles. The molecule has 1 aromatic carbocycles. The molecule has 0 fully saturated rings. The number of aromatic carboxylic acids is 1. The van der Waals surface area contributed by atoms with Gasteiger partial charge in [-0.25, -0.2) is 18.0 Å². The summed E-state index contributed by atoms with van der Waals surface area (Å²) in [7, 11) is 0. The molecular formula is C10H4F3NO3. The maximum absolute atomic E-state index is 13.3. The van der Waals surface area contributed by atoms with Gasteiger partial charge in [-0.2, -0.15) is 0 Å². The highest BCUT2D eigenvalue weighted by molar-refractivity contribution is 5.93. The molecule has 7 heteroatoms. The van der Waals surface area contributed by atoms with E-state index >= 15 is 0 Å². The number of benzene rings is 1. The Labute approximate surface area is 92.3 Å². The maximum atomic E-state index is 13.3. The maximum Gasteiger partial charge on any atom is 0.341 e. The minimum absolute atomic E-state index is 0.304. The van der Waals surface area contributed by atoms with Gasteiger partial charge in [0.1, 0.15) is 11.4 Å². The van der Waals surface area contributed by atoms with E-state index in [1.807, 2.05) is 0 Å². The predicted molar refractivity (Wildman–Crippen MR) is 48.8 cm³/mol. The van der Waals surface area contributed by atoms with Crippen molar-refractivity contribution >= 4 is 5.97 Å². The molecule has 0 aliphatic carbocycles. The summed E-state index contributed by atoms with van der Waals surface area (Å²) in [4.78, 5) is 10.7. The Balaban J connectivity index is 2.64. The van der Waals surface area contributed by atoms with Gasteiger partial charge in [0, 0.05) is 6.07 Å². The predicted octanol–water partition coefficient (Wildman–Crippen LogP) is 2.46. The molecule has 4 nitrogen and oxygen atoms in total. The van der Waals surface area contributed by atoms with Gasteiger partial charge in [0.25, 0.3) is 0 Å². The lowest BCUT2D eigenvalue weighted by atomic mass is 10.1. The first-order valence-electron chi connectivity index (χ1n) is 4.33. The lowest BCUT2D eigenvalue weighted by molar-refractivity contribution is 0.0697. The summed E-state index contributed by atoms with van der Waals surface area (Å²) in [5, 5.41) is 11.9. The van der Waals surface area contributed by atoms with E-state index in [-0.39, 0.29) is 0 Å². The van der Waals surface area contributed by atoms with Gasteiger partial charge in [0.15, 0.2) is 17.4 Å². The number of carboxylic acid groups (broad SMARTS) is 1. The molecule has 0 radical (unpaired) electrons. The Kier molecular flexibility index (Phi) is 2.58. The Bertz CT molecular complexity index is 594. The van der Waals surface area contributed by atoms with Crippen molar-refractivity contribution in [2.45, 2.75) is 0 Å². The lowest BCUT2D eigenvalue weighted by Gasteiger charge is -2.01. The van der Waals surface area contributed by atoms with Crippen LogP contribution in [-0.4, -0.2) is 16.2 Å². The number of halogens is 3. The number of hydrogen-bond donors (Lipinski definition) is 1. The zero-order chi connectivity index (χ0) is 12.6. The van der Waals surface area contributed by atoms with Crippen LogP contribution in [0.15, 0.2) is 22.9 Å². The molecule has 2 aromatic rings. The van der Waals surface area contributed by atoms with E-state index in [4.69, 9.17) is 5.11 Å². The Morgan fingerprint density at radius 3 is 2.47 bits per heavy atom. The molecule has 0 aliphatic heterocycles. The molecule has 0 atom stereocenters.